The average molecular weight is 553 g/mol. The van der Waals surface area contributed by atoms with Gasteiger partial charge in [-0.15, -0.1) is 0 Å². The number of nitrogens with zero attached hydrogens (tertiary/aromatic N) is 8. The van der Waals surface area contributed by atoms with Gasteiger partial charge in [0.05, 0.1) is 11.4 Å². The molecule has 0 bridgehead atoms. The van der Waals surface area contributed by atoms with Gasteiger partial charge in [0.2, 0.25) is 0 Å². The molecule has 0 aliphatic rings. The summed E-state index contributed by atoms with van der Waals surface area (Å²) in [4.78, 5) is 29.2. The number of aliphatic carboxylic acids is 2. The molecule has 0 radical (unpaired) electrons. The largest absolute Gasteiger partial charge is 4.00 e. The van der Waals surface area contributed by atoms with Crippen LogP contribution in [0.2, 0.25) is 0 Å². The van der Waals surface area contributed by atoms with Crippen molar-refractivity contribution >= 4 is 11.9 Å². The predicted molar refractivity (Wildman–Crippen MR) is 89.0 cm³/mol. The predicted octanol–water partition coefficient (Wildman–Crippen LogP) is 1.39. The van der Waals surface area contributed by atoms with Crippen LogP contribution in [0.1, 0.15) is 13.8 Å². The van der Waals surface area contributed by atoms with Gasteiger partial charge in [0.25, 0.3) is 0 Å². The van der Waals surface area contributed by atoms with E-state index in [9.17, 15) is 0 Å². The molecule has 0 aromatic carbocycles. The third kappa shape index (κ3) is 34.8. The number of carboxylic acid groups (broad SMARTS) is 2. The van der Waals surface area contributed by atoms with Gasteiger partial charge in [-0.05, 0) is 38.1 Å². The van der Waals surface area contributed by atoms with Gasteiger partial charge in [0, 0.05) is 24.3 Å². The molecule has 12 nitrogen and oxygen atoms in total. The van der Waals surface area contributed by atoms with Crippen molar-refractivity contribution in [3.8, 4) is 11.4 Å². The summed E-state index contributed by atoms with van der Waals surface area (Å²) >= 11 is 0. The molecule has 0 saturated carbocycles. The molecule has 2 heterocycles. The minimum Gasteiger partial charge on any atom is -0.550 e. The van der Waals surface area contributed by atoms with Crippen molar-refractivity contribution in [3.63, 3.8) is 0 Å². The topological polar surface area (TPSA) is 223 Å². The number of carbonyl (C=O) groups is 2. The summed E-state index contributed by atoms with van der Waals surface area (Å²) in [5.41, 5.74) is 28.8. The van der Waals surface area contributed by atoms with Crippen LogP contribution in [-0.2, 0) is 30.7 Å². The number of pyridine rings is 2. The first kappa shape index (κ1) is 31.3. The van der Waals surface area contributed by atoms with E-state index in [0.717, 1.165) is 25.2 Å². The van der Waals surface area contributed by atoms with Crippen molar-refractivity contribution in [2.24, 2.45) is 0 Å². The second kappa shape index (κ2) is 24.8. The second-order valence-electron chi connectivity index (χ2n) is 3.59. The Morgan fingerprint density at radius 3 is 1.15 bits per heavy atom. The average Bonchev–Trinajstić information content (AvgIpc) is 2.57. The quantitative estimate of drug-likeness (QED) is 0.288. The van der Waals surface area contributed by atoms with E-state index >= 15 is 0 Å². The molecular weight excluding hydrogens is 539 g/mol. The monoisotopic (exact) mass is 553 g/mol. The van der Waals surface area contributed by atoms with Gasteiger partial charge in [-0.3, -0.25) is 19.8 Å². The molecule has 0 spiro atoms. The second-order valence-corrected chi connectivity index (χ2v) is 3.59. The number of aromatic nitrogens is 2. The van der Waals surface area contributed by atoms with Crippen LogP contribution in [-0.4, -0.2) is 21.9 Å². The molecule has 0 aliphatic heterocycles. The molecule has 0 aliphatic carbocycles. The SMILES string of the molecule is CC(=O)[O-].CC(=O)[O-].[N-]=[N+]=[N-].[N-]=[N+]=[N-].[Pt+4].c1ccc(-c2ccccn2)nc1. The van der Waals surface area contributed by atoms with E-state index in [-0.39, 0.29) is 21.1 Å². The van der Waals surface area contributed by atoms with Crippen molar-refractivity contribution in [3.05, 3.63) is 80.7 Å². The van der Waals surface area contributed by atoms with Crippen molar-refractivity contribution in [2.75, 3.05) is 0 Å². The van der Waals surface area contributed by atoms with Crippen LogP contribution in [0.25, 0.3) is 43.3 Å². The summed E-state index contributed by atoms with van der Waals surface area (Å²) < 4.78 is 0. The zero-order chi connectivity index (χ0) is 20.8. The Labute approximate surface area is 169 Å². The summed E-state index contributed by atoms with van der Waals surface area (Å²) in [5, 5.41) is 17.8. The molecule has 2 rings (SSSR count). The van der Waals surface area contributed by atoms with E-state index in [1.54, 1.807) is 12.4 Å². The van der Waals surface area contributed by atoms with E-state index in [2.05, 4.69) is 9.97 Å². The van der Waals surface area contributed by atoms with Gasteiger partial charge in [-0.2, -0.15) is 0 Å². The van der Waals surface area contributed by atoms with Crippen molar-refractivity contribution in [2.45, 2.75) is 13.8 Å². The first-order chi connectivity index (χ1) is 12.3. The fraction of sp³-hybridized carbons (Fsp3) is 0.143. The van der Waals surface area contributed by atoms with E-state index < -0.39 is 11.9 Å². The third-order valence-electron chi connectivity index (χ3n) is 1.59. The van der Waals surface area contributed by atoms with Crippen LogP contribution < -0.4 is 10.2 Å². The molecule has 27 heavy (non-hydrogen) atoms. The number of hydrogen-bond donors (Lipinski definition) is 0. The molecular formula is C14H14N8O4Pt. The van der Waals surface area contributed by atoms with Crippen molar-refractivity contribution in [1.29, 1.82) is 0 Å². The fourth-order valence-electron chi connectivity index (χ4n) is 1.03. The molecule has 2 aromatic rings. The summed E-state index contributed by atoms with van der Waals surface area (Å²) in [5.74, 6) is -2.17. The summed E-state index contributed by atoms with van der Waals surface area (Å²) in [6.45, 7) is 1.94. The minimum atomic E-state index is -1.08. The molecule has 13 heteroatoms. The normalized spacial score (nSPS) is 6.74. The van der Waals surface area contributed by atoms with Crippen LogP contribution in [0.5, 0.6) is 0 Å². The zero-order valence-electron chi connectivity index (χ0n) is 14.1. The van der Waals surface area contributed by atoms with E-state index in [4.69, 9.17) is 41.9 Å². The van der Waals surface area contributed by atoms with Crippen LogP contribution in [0, 0.1) is 0 Å². The number of rotatable bonds is 1. The first-order valence-electron chi connectivity index (χ1n) is 6.41. The van der Waals surface area contributed by atoms with E-state index in [0.29, 0.717) is 0 Å². The van der Waals surface area contributed by atoms with Crippen LogP contribution in [0.4, 0.5) is 0 Å². The van der Waals surface area contributed by atoms with Gasteiger partial charge >= 0.3 is 21.1 Å². The molecule has 0 fully saturated rings. The Morgan fingerprint density at radius 1 is 0.778 bits per heavy atom. The van der Waals surface area contributed by atoms with E-state index in [1.165, 1.54) is 9.82 Å². The van der Waals surface area contributed by atoms with E-state index in [1.807, 2.05) is 36.4 Å². The number of hydrogen-bond acceptors (Lipinski definition) is 6. The molecule has 0 saturated heterocycles. The van der Waals surface area contributed by atoms with Crippen LogP contribution >= 0.6 is 0 Å². The molecule has 0 amide bonds. The Bertz CT molecular complexity index is 619. The first-order valence-corrected chi connectivity index (χ1v) is 6.41. The fourth-order valence-corrected chi connectivity index (χ4v) is 1.03. The molecule has 0 N–H and O–H groups in total. The Kier molecular flexibility index (Phi) is 28.8. The molecule has 0 atom stereocenters. The van der Waals surface area contributed by atoms with Crippen molar-refractivity contribution in [1.82, 2.24) is 9.97 Å². The Balaban J connectivity index is -0.000000149. The van der Waals surface area contributed by atoms with Gasteiger partial charge in [0.1, 0.15) is 0 Å². The zero-order valence-corrected chi connectivity index (χ0v) is 16.4. The maximum Gasteiger partial charge on any atom is 4.00 e. The standard InChI is InChI=1S/C10H8N2.2C2H4O2.2N3.Pt/c1-3-7-11-9(5-1)10-6-2-4-8-12-10;2*1-2(3)4;2*1-3-2;/h1-8H;2*1H3,(H,3,4);;;/q;;;2*-1;+4/p-2. The minimum absolute atomic E-state index is 0. The van der Waals surface area contributed by atoms with Gasteiger partial charge in [-0.1, -0.05) is 12.1 Å². The van der Waals surface area contributed by atoms with Crippen LogP contribution in [0.3, 0.4) is 0 Å². The number of carbonyl (C=O) groups excluding carboxylic acids is 2. The molecule has 144 valence electrons. The van der Waals surface area contributed by atoms with Gasteiger partial charge in [0.15, 0.2) is 0 Å². The summed E-state index contributed by atoms with van der Waals surface area (Å²) in [6, 6.07) is 11.6. The van der Waals surface area contributed by atoms with Crippen molar-refractivity contribution < 1.29 is 40.9 Å². The van der Waals surface area contributed by atoms with Gasteiger partial charge in [-0.25, -0.2) is 0 Å². The summed E-state index contributed by atoms with van der Waals surface area (Å²) in [7, 11) is 0. The van der Waals surface area contributed by atoms with Gasteiger partial charge < -0.3 is 41.9 Å². The smallest absolute Gasteiger partial charge is 0.550 e. The molecule has 2 aromatic heterocycles. The Morgan fingerprint density at radius 2 is 1.00 bits per heavy atom. The third-order valence-corrected chi connectivity index (χ3v) is 1.59. The maximum atomic E-state index is 8.89. The summed E-state index contributed by atoms with van der Waals surface area (Å²) in [6.07, 6.45) is 3.54. The maximum absolute atomic E-state index is 8.89. The molecule has 0 unspecified atom stereocenters. The number of carboxylic acids is 2. The van der Waals surface area contributed by atoms with Crippen LogP contribution in [0.15, 0.2) is 48.8 Å². The Hall–Kier alpha value is -3.45.